The Bertz CT molecular complexity index is 625. The third-order valence-electron chi connectivity index (χ3n) is 2.68. The monoisotopic (exact) mass is 339 g/mol. The number of hydrogen-bond donors (Lipinski definition) is 1. The van der Waals surface area contributed by atoms with Crippen molar-refractivity contribution in [1.29, 1.82) is 0 Å². The highest BCUT2D eigenvalue weighted by Crippen LogP contribution is 2.22. The first-order chi connectivity index (χ1) is 10.6. The van der Waals surface area contributed by atoms with E-state index in [1.807, 2.05) is 30.3 Å². The number of thioether (sulfide) groups is 1. The summed E-state index contributed by atoms with van der Waals surface area (Å²) >= 11 is 7.30. The molecule has 1 amide bonds. The van der Waals surface area contributed by atoms with Crippen LogP contribution in [0.15, 0.2) is 48.5 Å². The van der Waals surface area contributed by atoms with Crippen LogP contribution in [0, 0.1) is 5.82 Å². The Morgan fingerprint density at radius 1 is 1.23 bits per heavy atom. The first kappa shape index (κ1) is 16.6. The molecule has 22 heavy (non-hydrogen) atoms. The van der Waals surface area contributed by atoms with Crippen LogP contribution in [0.2, 0.25) is 5.02 Å². The van der Waals surface area contributed by atoms with Gasteiger partial charge >= 0.3 is 0 Å². The van der Waals surface area contributed by atoms with Gasteiger partial charge in [0, 0.05) is 5.75 Å². The maximum atomic E-state index is 12.9. The number of carbonyl (C=O) groups excluding carboxylic acids is 1. The van der Waals surface area contributed by atoms with Crippen LogP contribution in [0.3, 0.4) is 0 Å². The molecule has 3 nitrogen and oxygen atoms in total. The molecule has 2 aromatic rings. The Morgan fingerprint density at radius 2 is 2.00 bits per heavy atom. The molecule has 0 fully saturated rings. The molecule has 0 aliphatic heterocycles. The van der Waals surface area contributed by atoms with Crippen LogP contribution < -0.4 is 10.1 Å². The van der Waals surface area contributed by atoms with Crippen molar-refractivity contribution in [3.63, 3.8) is 0 Å². The van der Waals surface area contributed by atoms with Gasteiger partial charge in [0.1, 0.15) is 11.6 Å². The lowest BCUT2D eigenvalue weighted by Crippen LogP contribution is -2.15. The first-order valence-electron chi connectivity index (χ1n) is 6.65. The molecular formula is C16H15ClFNO2S. The highest BCUT2D eigenvalue weighted by molar-refractivity contribution is 7.99. The van der Waals surface area contributed by atoms with E-state index in [1.165, 1.54) is 23.9 Å². The Morgan fingerprint density at radius 3 is 2.73 bits per heavy atom. The van der Waals surface area contributed by atoms with Gasteiger partial charge in [0.2, 0.25) is 5.91 Å². The number of benzene rings is 2. The van der Waals surface area contributed by atoms with Gasteiger partial charge in [-0.2, -0.15) is 0 Å². The predicted molar refractivity (Wildman–Crippen MR) is 89.3 cm³/mol. The van der Waals surface area contributed by atoms with E-state index in [2.05, 4.69) is 5.32 Å². The summed E-state index contributed by atoms with van der Waals surface area (Å²) in [6.07, 6.45) is 0. The summed E-state index contributed by atoms with van der Waals surface area (Å²) in [5.74, 6) is 1.17. The average Bonchev–Trinajstić information content (AvgIpc) is 2.51. The maximum Gasteiger partial charge on any atom is 0.234 e. The van der Waals surface area contributed by atoms with Crippen molar-refractivity contribution < 1.29 is 13.9 Å². The molecule has 0 heterocycles. The summed E-state index contributed by atoms with van der Waals surface area (Å²) in [5, 5.41) is 2.83. The van der Waals surface area contributed by atoms with E-state index in [0.29, 0.717) is 18.0 Å². The summed E-state index contributed by atoms with van der Waals surface area (Å²) in [7, 11) is 0. The molecule has 2 rings (SSSR count). The van der Waals surface area contributed by atoms with Crippen LogP contribution in [-0.2, 0) is 4.79 Å². The molecule has 2 aromatic carbocycles. The van der Waals surface area contributed by atoms with Gasteiger partial charge in [-0.3, -0.25) is 4.79 Å². The van der Waals surface area contributed by atoms with E-state index in [4.69, 9.17) is 16.3 Å². The second-order valence-electron chi connectivity index (χ2n) is 4.39. The standard InChI is InChI=1S/C16H15ClFNO2S/c17-14-10-12(18)6-7-15(14)19-16(20)11-22-9-8-21-13-4-2-1-3-5-13/h1-7,10H,8-9,11H2,(H,19,20). The Balaban J connectivity index is 1.65. The van der Waals surface area contributed by atoms with Crippen molar-refractivity contribution in [2.24, 2.45) is 0 Å². The van der Waals surface area contributed by atoms with E-state index >= 15 is 0 Å². The minimum absolute atomic E-state index is 0.182. The second-order valence-corrected chi connectivity index (χ2v) is 5.90. The molecule has 0 atom stereocenters. The topological polar surface area (TPSA) is 38.3 Å². The van der Waals surface area contributed by atoms with Crippen molar-refractivity contribution in [3.8, 4) is 5.75 Å². The summed E-state index contributed by atoms with van der Waals surface area (Å²) in [6.45, 7) is 0.527. The normalized spacial score (nSPS) is 10.3. The van der Waals surface area contributed by atoms with Gasteiger partial charge in [0.15, 0.2) is 0 Å². The third kappa shape index (κ3) is 5.58. The molecule has 0 spiro atoms. The van der Waals surface area contributed by atoms with Crippen molar-refractivity contribution in [2.45, 2.75) is 0 Å². The molecule has 0 aliphatic carbocycles. The summed E-state index contributed by atoms with van der Waals surface area (Å²) in [5.41, 5.74) is 0.411. The van der Waals surface area contributed by atoms with Crippen molar-refractivity contribution in [1.82, 2.24) is 0 Å². The average molecular weight is 340 g/mol. The largest absolute Gasteiger partial charge is 0.493 e. The third-order valence-corrected chi connectivity index (χ3v) is 3.91. The number of nitrogens with one attached hydrogen (secondary N) is 1. The first-order valence-corrected chi connectivity index (χ1v) is 8.19. The Labute approximate surface area is 137 Å². The molecule has 0 radical (unpaired) electrons. The predicted octanol–water partition coefficient (Wildman–Crippen LogP) is 4.23. The number of amides is 1. The van der Waals surface area contributed by atoms with Crippen molar-refractivity contribution in [3.05, 3.63) is 59.4 Å². The molecule has 0 aliphatic rings. The van der Waals surface area contributed by atoms with Crippen molar-refractivity contribution >= 4 is 35.0 Å². The van der Waals surface area contributed by atoms with Crippen LogP contribution >= 0.6 is 23.4 Å². The van der Waals surface area contributed by atoms with E-state index in [0.717, 1.165) is 11.8 Å². The van der Waals surface area contributed by atoms with Gasteiger partial charge in [0.05, 0.1) is 23.1 Å². The maximum absolute atomic E-state index is 12.9. The number of ether oxygens (including phenoxy) is 1. The highest BCUT2D eigenvalue weighted by atomic mass is 35.5. The zero-order valence-electron chi connectivity index (χ0n) is 11.7. The SMILES string of the molecule is O=C(CSCCOc1ccccc1)Nc1ccc(F)cc1Cl. The quantitative estimate of drug-likeness (QED) is 0.767. The van der Waals surface area contributed by atoms with Crippen LogP contribution in [0.1, 0.15) is 0 Å². The Hall–Kier alpha value is -1.72. The van der Waals surface area contributed by atoms with E-state index in [-0.39, 0.29) is 16.7 Å². The van der Waals surface area contributed by atoms with E-state index in [9.17, 15) is 9.18 Å². The van der Waals surface area contributed by atoms with Gasteiger partial charge in [-0.15, -0.1) is 11.8 Å². The summed E-state index contributed by atoms with van der Waals surface area (Å²) in [6, 6.07) is 13.4. The molecular weight excluding hydrogens is 325 g/mol. The fourth-order valence-corrected chi connectivity index (χ4v) is 2.49. The summed E-state index contributed by atoms with van der Waals surface area (Å²) < 4.78 is 18.4. The van der Waals surface area contributed by atoms with Gasteiger partial charge in [-0.1, -0.05) is 29.8 Å². The molecule has 1 N–H and O–H groups in total. The molecule has 0 saturated carbocycles. The Kier molecular flexibility index (Phi) is 6.55. The minimum atomic E-state index is -0.435. The van der Waals surface area contributed by atoms with Gasteiger partial charge in [-0.25, -0.2) is 4.39 Å². The molecule has 0 aromatic heterocycles. The number of hydrogen-bond acceptors (Lipinski definition) is 3. The lowest BCUT2D eigenvalue weighted by atomic mass is 10.3. The van der Waals surface area contributed by atoms with Crippen LogP contribution in [-0.4, -0.2) is 24.0 Å². The number of rotatable bonds is 7. The van der Waals surface area contributed by atoms with Gasteiger partial charge < -0.3 is 10.1 Å². The fraction of sp³-hybridized carbons (Fsp3) is 0.188. The van der Waals surface area contributed by atoms with Crippen LogP contribution in [0.25, 0.3) is 0 Å². The van der Waals surface area contributed by atoms with Crippen LogP contribution in [0.4, 0.5) is 10.1 Å². The highest BCUT2D eigenvalue weighted by Gasteiger charge is 2.07. The minimum Gasteiger partial charge on any atom is -0.493 e. The number of anilines is 1. The molecule has 0 saturated heterocycles. The number of para-hydroxylation sites is 1. The lowest BCUT2D eigenvalue weighted by molar-refractivity contribution is -0.113. The number of carbonyl (C=O) groups is 1. The molecule has 116 valence electrons. The fourth-order valence-electron chi connectivity index (χ4n) is 1.68. The zero-order chi connectivity index (χ0) is 15.8. The van der Waals surface area contributed by atoms with Gasteiger partial charge in [-0.05, 0) is 30.3 Å². The summed E-state index contributed by atoms with van der Waals surface area (Å²) in [4.78, 5) is 11.8. The molecule has 0 bridgehead atoms. The lowest BCUT2D eigenvalue weighted by Gasteiger charge is -2.08. The van der Waals surface area contributed by atoms with E-state index in [1.54, 1.807) is 0 Å². The molecule has 6 heteroatoms. The second kappa shape index (κ2) is 8.66. The number of halogens is 2. The van der Waals surface area contributed by atoms with E-state index < -0.39 is 5.82 Å². The zero-order valence-corrected chi connectivity index (χ0v) is 13.3. The van der Waals surface area contributed by atoms with Crippen molar-refractivity contribution in [2.75, 3.05) is 23.4 Å². The van der Waals surface area contributed by atoms with Crippen LogP contribution in [0.5, 0.6) is 5.75 Å². The van der Waals surface area contributed by atoms with Gasteiger partial charge in [0.25, 0.3) is 0 Å². The smallest absolute Gasteiger partial charge is 0.234 e. The molecule has 0 unspecified atom stereocenters.